The van der Waals surface area contributed by atoms with Crippen molar-refractivity contribution in [2.24, 2.45) is 5.92 Å². The summed E-state index contributed by atoms with van der Waals surface area (Å²) in [6.07, 6.45) is 6.11. The lowest BCUT2D eigenvalue weighted by molar-refractivity contribution is -0.124. The quantitative estimate of drug-likeness (QED) is 0.783. The van der Waals surface area contributed by atoms with Crippen LogP contribution in [0.5, 0.6) is 0 Å². The van der Waals surface area contributed by atoms with Crippen molar-refractivity contribution in [1.82, 2.24) is 5.32 Å². The summed E-state index contributed by atoms with van der Waals surface area (Å²) in [6, 6.07) is 10.1. The monoisotopic (exact) mass is 273 g/mol. The Morgan fingerprint density at radius 1 is 1.30 bits per heavy atom. The van der Waals surface area contributed by atoms with Crippen molar-refractivity contribution in [1.29, 1.82) is 0 Å². The van der Waals surface area contributed by atoms with Crippen molar-refractivity contribution in [3.05, 3.63) is 48.0 Å². The van der Waals surface area contributed by atoms with Crippen molar-refractivity contribution in [2.45, 2.75) is 38.2 Å². The molecule has 0 heterocycles. The zero-order valence-electron chi connectivity index (χ0n) is 12.0. The molecule has 1 aliphatic carbocycles. The molecule has 108 valence electrons. The molecule has 3 nitrogen and oxygen atoms in total. The van der Waals surface area contributed by atoms with E-state index in [9.17, 15) is 9.90 Å². The van der Waals surface area contributed by atoms with Gasteiger partial charge in [0.15, 0.2) is 0 Å². The van der Waals surface area contributed by atoms with E-state index >= 15 is 0 Å². The summed E-state index contributed by atoms with van der Waals surface area (Å²) in [5.41, 5.74) is 1.17. The highest BCUT2D eigenvalue weighted by Crippen LogP contribution is 2.22. The smallest absolute Gasteiger partial charge is 0.223 e. The van der Waals surface area contributed by atoms with Crippen molar-refractivity contribution < 1.29 is 9.90 Å². The molecule has 0 spiro atoms. The molecule has 0 aromatic heterocycles. The second kappa shape index (κ2) is 7.25. The van der Waals surface area contributed by atoms with Gasteiger partial charge in [-0.2, -0.15) is 0 Å². The van der Waals surface area contributed by atoms with E-state index in [4.69, 9.17) is 0 Å². The third kappa shape index (κ3) is 4.20. The maximum Gasteiger partial charge on any atom is 0.223 e. The van der Waals surface area contributed by atoms with Gasteiger partial charge in [-0.1, -0.05) is 42.5 Å². The van der Waals surface area contributed by atoms with Crippen molar-refractivity contribution in [3.8, 4) is 0 Å². The van der Waals surface area contributed by atoms with Crippen LogP contribution in [0.25, 0.3) is 0 Å². The lowest BCUT2D eigenvalue weighted by Gasteiger charge is -2.20. The summed E-state index contributed by atoms with van der Waals surface area (Å²) in [6.45, 7) is 2.38. The molecular formula is C17H23NO2. The van der Waals surface area contributed by atoms with Crippen LogP contribution in [0, 0.1) is 5.92 Å². The Morgan fingerprint density at radius 2 is 1.95 bits per heavy atom. The van der Waals surface area contributed by atoms with Crippen LogP contribution in [0.4, 0.5) is 0 Å². The second-order valence-corrected chi connectivity index (χ2v) is 5.58. The summed E-state index contributed by atoms with van der Waals surface area (Å²) >= 11 is 0. The third-order valence-corrected chi connectivity index (χ3v) is 3.80. The van der Waals surface area contributed by atoms with E-state index in [0.29, 0.717) is 13.0 Å². The molecule has 0 saturated carbocycles. The molecule has 1 aliphatic rings. The largest absolute Gasteiger partial charge is 0.393 e. The standard InChI is InChI=1S/C17H23NO2/c1-13(19)11-16(14-7-3-2-4-8-14)12-18-17(20)15-9-5-6-10-15/h2-8,13,15-16,19H,9-12H2,1H3,(H,18,20). The summed E-state index contributed by atoms with van der Waals surface area (Å²) in [5.74, 6) is 0.383. The first kappa shape index (κ1) is 14.8. The molecule has 2 atom stereocenters. The molecule has 20 heavy (non-hydrogen) atoms. The molecule has 2 unspecified atom stereocenters. The fraction of sp³-hybridized carbons (Fsp3) is 0.471. The van der Waals surface area contributed by atoms with Gasteiger partial charge >= 0.3 is 0 Å². The Kier molecular flexibility index (Phi) is 5.36. The number of benzene rings is 1. The highest BCUT2D eigenvalue weighted by atomic mass is 16.3. The van der Waals surface area contributed by atoms with Gasteiger partial charge in [-0.05, 0) is 31.7 Å². The number of amides is 1. The predicted octanol–water partition coefficient (Wildman–Crippen LogP) is 2.62. The molecule has 0 radical (unpaired) electrons. The van der Waals surface area contributed by atoms with Gasteiger partial charge in [0.05, 0.1) is 6.10 Å². The Balaban J connectivity index is 1.92. The molecule has 2 N–H and O–H groups in total. The van der Waals surface area contributed by atoms with Gasteiger partial charge in [-0.3, -0.25) is 4.79 Å². The molecule has 1 aromatic rings. The summed E-state index contributed by atoms with van der Waals surface area (Å²) in [5, 5.41) is 12.7. The molecule has 0 fully saturated rings. The number of aliphatic hydroxyl groups excluding tert-OH is 1. The average Bonchev–Trinajstić information content (AvgIpc) is 2.98. The highest BCUT2D eigenvalue weighted by molar-refractivity contribution is 5.79. The molecule has 0 aliphatic heterocycles. The predicted molar refractivity (Wildman–Crippen MR) is 80.4 cm³/mol. The molecular weight excluding hydrogens is 250 g/mol. The third-order valence-electron chi connectivity index (χ3n) is 3.80. The maximum absolute atomic E-state index is 12.1. The van der Waals surface area contributed by atoms with E-state index in [1.807, 2.05) is 18.2 Å². The van der Waals surface area contributed by atoms with E-state index < -0.39 is 0 Å². The first-order valence-electron chi connectivity index (χ1n) is 7.32. The Morgan fingerprint density at radius 3 is 2.55 bits per heavy atom. The number of carbonyl (C=O) groups excluding carboxylic acids is 1. The molecule has 0 saturated heterocycles. The Bertz CT molecular complexity index is 445. The lowest BCUT2D eigenvalue weighted by Crippen LogP contribution is -2.33. The molecule has 1 amide bonds. The number of carbonyl (C=O) groups is 1. The first-order chi connectivity index (χ1) is 9.66. The van der Waals surface area contributed by atoms with Gasteiger partial charge in [-0.25, -0.2) is 0 Å². The van der Waals surface area contributed by atoms with Crippen LogP contribution in [0.1, 0.15) is 37.7 Å². The van der Waals surface area contributed by atoms with Crippen LogP contribution in [0.15, 0.2) is 42.5 Å². The Labute approximate surface area is 120 Å². The minimum atomic E-state index is -0.370. The number of hydrogen-bond donors (Lipinski definition) is 2. The van der Waals surface area contributed by atoms with Gasteiger partial charge in [0.25, 0.3) is 0 Å². The zero-order valence-corrected chi connectivity index (χ0v) is 12.0. The number of nitrogens with one attached hydrogen (secondary N) is 1. The summed E-state index contributed by atoms with van der Waals surface area (Å²) in [7, 11) is 0. The summed E-state index contributed by atoms with van der Waals surface area (Å²) in [4.78, 5) is 12.1. The Hall–Kier alpha value is -1.61. The minimum Gasteiger partial charge on any atom is -0.393 e. The van der Waals surface area contributed by atoms with Gasteiger partial charge in [0.1, 0.15) is 0 Å². The van der Waals surface area contributed by atoms with Gasteiger partial charge in [-0.15, -0.1) is 0 Å². The maximum atomic E-state index is 12.1. The van der Waals surface area contributed by atoms with Crippen LogP contribution < -0.4 is 5.32 Å². The van der Waals surface area contributed by atoms with E-state index in [1.165, 1.54) is 5.56 Å². The van der Waals surface area contributed by atoms with Gasteiger partial charge in [0, 0.05) is 18.4 Å². The second-order valence-electron chi connectivity index (χ2n) is 5.58. The van der Waals surface area contributed by atoms with Crippen molar-refractivity contribution in [3.63, 3.8) is 0 Å². The van der Waals surface area contributed by atoms with Crippen LogP contribution in [0.2, 0.25) is 0 Å². The fourth-order valence-electron chi connectivity index (χ4n) is 2.67. The van der Waals surface area contributed by atoms with Crippen LogP contribution >= 0.6 is 0 Å². The van der Waals surface area contributed by atoms with E-state index in [0.717, 1.165) is 12.8 Å². The molecule has 0 bridgehead atoms. The number of aliphatic hydroxyl groups is 1. The number of rotatable bonds is 6. The number of allylic oxidation sites excluding steroid dienone is 2. The molecule has 1 aromatic carbocycles. The SMILES string of the molecule is CC(O)CC(CNC(=O)C1CC=CC1)c1ccccc1. The lowest BCUT2D eigenvalue weighted by atomic mass is 9.93. The molecule has 3 heteroatoms. The molecule has 2 rings (SSSR count). The first-order valence-corrected chi connectivity index (χ1v) is 7.32. The number of hydrogen-bond acceptors (Lipinski definition) is 2. The normalized spacial score (nSPS) is 17.9. The van der Waals surface area contributed by atoms with E-state index in [2.05, 4.69) is 29.6 Å². The summed E-state index contributed by atoms with van der Waals surface area (Å²) < 4.78 is 0. The zero-order chi connectivity index (χ0) is 14.4. The van der Waals surface area contributed by atoms with E-state index in [1.54, 1.807) is 6.92 Å². The highest BCUT2D eigenvalue weighted by Gasteiger charge is 2.21. The van der Waals surface area contributed by atoms with Crippen molar-refractivity contribution >= 4 is 5.91 Å². The van der Waals surface area contributed by atoms with Crippen LogP contribution in [-0.4, -0.2) is 23.7 Å². The van der Waals surface area contributed by atoms with Crippen LogP contribution in [-0.2, 0) is 4.79 Å². The van der Waals surface area contributed by atoms with Gasteiger partial charge in [0.2, 0.25) is 5.91 Å². The van der Waals surface area contributed by atoms with Crippen LogP contribution in [0.3, 0.4) is 0 Å². The topological polar surface area (TPSA) is 49.3 Å². The van der Waals surface area contributed by atoms with Gasteiger partial charge < -0.3 is 10.4 Å². The van der Waals surface area contributed by atoms with E-state index in [-0.39, 0.29) is 23.8 Å². The fourth-order valence-corrected chi connectivity index (χ4v) is 2.67. The average molecular weight is 273 g/mol. The van der Waals surface area contributed by atoms with Crippen molar-refractivity contribution in [2.75, 3.05) is 6.54 Å². The minimum absolute atomic E-state index is 0.0953.